The lowest BCUT2D eigenvalue weighted by Gasteiger charge is -2.01. The molecule has 1 heterocycles. The Bertz CT molecular complexity index is 967. The van der Waals surface area contributed by atoms with Gasteiger partial charge in [0, 0.05) is 17.3 Å². The first kappa shape index (κ1) is 17.2. The van der Waals surface area contributed by atoms with Gasteiger partial charge < -0.3 is 4.74 Å². The zero-order valence-corrected chi connectivity index (χ0v) is 14.3. The minimum absolute atomic E-state index is 0.0658. The van der Waals surface area contributed by atoms with Crippen LogP contribution in [-0.4, -0.2) is 22.9 Å². The fourth-order valence-electron chi connectivity index (χ4n) is 2.62. The van der Waals surface area contributed by atoms with Gasteiger partial charge in [0.1, 0.15) is 11.6 Å². The van der Waals surface area contributed by atoms with Crippen LogP contribution in [0, 0.1) is 11.3 Å². The van der Waals surface area contributed by atoms with Crippen LogP contribution in [0.1, 0.15) is 11.1 Å². The average Bonchev–Trinajstić information content (AvgIpc) is 3.09. The maximum Gasteiger partial charge on any atom is 0.348 e. The number of aromatic nitrogens is 2. The van der Waals surface area contributed by atoms with E-state index in [4.69, 9.17) is 0 Å². The van der Waals surface area contributed by atoms with Gasteiger partial charge in [0.2, 0.25) is 0 Å². The van der Waals surface area contributed by atoms with Crippen molar-refractivity contribution in [3.63, 3.8) is 0 Å². The first-order chi connectivity index (χ1) is 12.7. The number of hydrogen-bond acceptors (Lipinski definition) is 4. The van der Waals surface area contributed by atoms with E-state index in [2.05, 4.69) is 9.84 Å². The summed E-state index contributed by atoms with van der Waals surface area (Å²) in [5.41, 5.74) is 3.35. The second-order valence-corrected chi connectivity index (χ2v) is 5.64. The Labute approximate surface area is 151 Å². The van der Waals surface area contributed by atoms with Crippen LogP contribution < -0.4 is 0 Å². The number of hydrogen-bond donors (Lipinski definition) is 0. The molecule has 128 valence electrons. The third-order valence-corrected chi connectivity index (χ3v) is 3.85. The predicted molar refractivity (Wildman–Crippen MR) is 98.8 cm³/mol. The van der Waals surface area contributed by atoms with E-state index in [9.17, 15) is 10.1 Å². The second kappa shape index (κ2) is 7.95. The van der Waals surface area contributed by atoms with E-state index < -0.39 is 5.97 Å². The van der Waals surface area contributed by atoms with Gasteiger partial charge in [0.25, 0.3) is 0 Å². The van der Waals surface area contributed by atoms with Gasteiger partial charge >= 0.3 is 5.97 Å². The predicted octanol–water partition coefficient (Wildman–Crippen LogP) is 3.68. The molecule has 5 nitrogen and oxygen atoms in total. The van der Waals surface area contributed by atoms with Crippen molar-refractivity contribution in [1.82, 2.24) is 9.78 Å². The van der Waals surface area contributed by atoms with Crippen LogP contribution in [0.5, 0.6) is 0 Å². The molecule has 2 aromatic carbocycles. The summed E-state index contributed by atoms with van der Waals surface area (Å²) in [5.74, 6) is -0.665. The van der Waals surface area contributed by atoms with Gasteiger partial charge in [0.15, 0.2) is 0 Å². The fourth-order valence-corrected chi connectivity index (χ4v) is 2.62. The summed E-state index contributed by atoms with van der Waals surface area (Å²) in [6.07, 6.45) is 3.35. The molecule has 0 saturated heterocycles. The molecular formula is C21H17N3O2. The fraction of sp³-hybridized carbons (Fsp3) is 0.0952. The maximum atomic E-state index is 11.8. The highest BCUT2D eigenvalue weighted by atomic mass is 16.5. The molecule has 3 aromatic rings. The lowest BCUT2D eigenvalue weighted by Crippen LogP contribution is -2.02. The van der Waals surface area contributed by atoms with Crippen LogP contribution in [0.25, 0.3) is 17.3 Å². The molecule has 1 aromatic heterocycles. The molecule has 0 spiro atoms. The largest absolute Gasteiger partial charge is 0.465 e. The lowest BCUT2D eigenvalue weighted by molar-refractivity contribution is -0.135. The molecule has 0 radical (unpaired) electrons. The topological polar surface area (TPSA) is 67.9 Å². The summed E-state index contributed by atoms with van der Waals surface area (Å²) >= 11 is 0. The van der Waals surface area contributed by atoms with E-state index in [1.807, 2.05) is 72.9 Å². The van der Waals surface area contributed by atoms with Crippen molar-refractivity contribution in [3.05, 3.63) is 83.6 Å². The number of carbonyl (C=O) groups excluding carboxylic acids is 1. The quantitative estimate of drug-likeness (QED) is 0.403. The molecule has 0 N–H and O–H groups in total. The van der Waals surface area contributed by atoms with Gasteiger partial charge in [-0.25, -0.2) is 4.79 Å². The van der Waals surface area contributed by atoms with E-state index in [0.717, 1.165) is 11.1 Å². The van der Waals surface area contributed by atoms with Crippen LogP contribution in [0.2, 0.25) is 0 Å². The zero-order chi connectivity index (χ0) is 18.4. The van der Waals surface area contributed by atoms with Crippen LogP contribution in [-0.2, 0) is 16.1 Å². The van der Waals surface area contributed by atoms with Crippen molar-refractivity contribution in [2.24, 2.45) is 0 Å². The highest BCUT2D eigenvalue weighted by Crippen LogP contribution is 2.24. The van der Waals surface area contributed by atoms with E-state index in [1.165, 1.54) is 13.2 Å². The third-order valence-electron chi connectivity index (χ3n) is 3.85. The molecule has 0 fully saturated rings. The maximum absolute atomic E-state index is 11.8. The highest BCUT2D eigenvalue weighted by molar-refractivity contribution is 5.98. The first-order valence-electron chi connectivity index (χ1n) is 8.08. The lowest BCUT2D eigenvalue weighted by atomic mass is 10.1. The van der Waals surface area contributed by atoms with Gasteiger partial charge in [-0.05, 0) is 11.6 Å². The van der Waals surface area contributed by atoms with Crippen molar-refractivity contribution in [1.29, 1.82) is 5.26 Å². The van der Waals surface area contributed by atoms with Gasteiger partial charge in [-0.2, -0.15) is 10.4 Å². The minimum Gasteiger partial charge on any atom is -0.465 e. The van der Waals surface area contributed by atoms with Crippen LogP contribution in [0.15, 0.2) is 72.4 Å². The average molecular weight is 343 g/mol. The van der Waals surface area contributed by atoms with Gasteiger partial charge in [0.05, 0.1) is 19.3 Å². The highest BCUT2D eigenvalue weighted by Gasteiger charge is 2.14. The molecule has 0 unspecified atom stereocenters. The minimum atomic E-state index is -0.665. The molecule has 0 atom stereocenters. The number of ether oxygens (including phenoxy) is 1. The van der Waals surface area contributed by atoms with Crippen LogP contribution >= 0.6 is 0 Å². The summed E-state index contributed by atoms with van der Waals surface area (Å²) in [4.78, 5) is 11.8. The Balaban J connectivity index is 2.05. The van der Waals surface area contributed by atoms with Crippen LogP contribution in [0.3, 0.4) is 0 Å². The smallest absolute Gasteiger partial charge is 0.348 e. The second-order valence-electron chi connectivity index (χ2n) is 5.64. The molecule has 0 saturated carbocycles. The number of nitriles is 1. The van der Waals surface area contributed by atoms with Crippen molar-refractivity contribution in [2.45, 2.75) is 6.54 Å². The van der Waals surface area contributed by atoms with Crippen LogP contribution in [0.4, 0.5) is 0 Å². The molecule has 5 heteroatoms. The van der Waals surface area contributed by atoms with Gasteiger partial charge in [-0.3, -0.25) is 4.68 Å². The standard InChI is InChI=1S/C21H17N3O2/c1-26-21(25)18(13-22)12-19-15-24(14-16-8-4-2-5-9-16)23-20(19)17-10-6-3-7-11-17/h2-12,15H,14H2,1H3/b18-12+. The summed E-state index contributed by atoms with van der Waals surface area (Å²) in [6, 6.07) is 21.5. The Morgan fingerprint density at radius 3 is 2.42 bits per heavy atom. The Hall–Kier alpha value is -3.65. The monoisotopic (exact) mass is 343 g/mol. The first-order valence-corrected chi connectivity index (χ1v) is 8.08. The Morgan fingerprint density at radius 1 is 1.15 bits per heavy atom. The number of rotatable bonds is 5. The zero-order valence-electron chi connectivity index (χ0n) is 14.3. The van der Waals surface area contributed by atoms with E-state index >= 15 is 0 Å². The molecular weight excluding hydrogens is 326 g/mol. The number of nitrogens with zero attached hydrogens (tertiary/aromatic N) is 3. The molecule has 26 heavy (non-hydrogen) atoms. The number of esters is 1. The third kappa shape index (κ3) is 3.87. The van der Waals surface area contributed by atoms with E-state index in [-0.39, 0.29) is 5.57 Å². The van der Waals surface area contributed by atoms with Crippen molar-refractivity contribution >= 4 is 12.0 Å². The summed E-state index contributed by atoms with van der Waals surface area (Å²) in [6.45, 7) is 0.592. The molecule has 0 aliphatic heterocycles. The SMILES string of the molecule is COC(=O)/C(C#N)=C/c1cn(Cc2ccccc2)nc1-c1ccccc1. The number of carbonyl (C=O) groups is 1. The van der Waals surface area contributed by atoms with Crippen molar-refractivity contribution in [2.75, 3.05) is 7.11 Å². The normalized spacial score (nSPS) is 11.0. The molecule has 0 aliphatic rings. The van der Waals surface area contributed by atoms with Gasteiger partial charge in [-0.15, -0.1) is 0 Å². The van der Waals surface area contributed by atoms with Crippen molar-refractivity contribution < 1.29 is 9.53 Å². The van der Waals surface area contributed by atoms with E-state index in [0.29, 0.717) is 17.8 Å². The molecule has 0 amide bonds. The summed E-state index contributed by atoms with van der Waals surface area (Å²) in [7, 11) is 1.25. The molecule has 3 rings (SSSR count). The van der Waals surface area contributed by atoms with E-state index in [1.54, 1.807) is 4.68 Å². The summed E-state index contributed by atoms with van der Waals surface area (Å²) < 4.78 is 6.47. The molecule has 0 bridgehead atoms. The Kier molecular flexibility index (Phi) is 5.25. The van der Waals surface area contributed by atoms with Gasteiger partial charge in [-0.1, -0.05) is 60.7 Å². The number of methoxy groups -OCH3 is 1. The molecule has 0 aliphatic carbocycles. The Morgan fingerprint density at radius 2 is 1.81 bits per heavy atom. The number of benzene rings is 2. The summed E-state index contributed by atoms with van der Waals surface area (Å²) in [5, 5.41) is 13.9. The van der Waals surface area contributed by atoms with Crippen molar-refractivity contribution in [3.8, 4) is 17.3 Å².